The Morgan fingerprint density at radius 3 is 1.76 bits per heavy atom. The van der Waals surface area contributed by atoms with Gasteiger partial charge in [-0.3, -0.25) is 9.59 Å². The summed E-state index contributed by atoms with van der Waals surface area (Å²) in [7, 11) is 0. The molecule has 1 atom stereocenters. The van der Waals surface area contributed by atoms with Crippen molar-refractivity contribution in [2.75, 3.05) is 6.61 Å². The Labute approximate surface area is 179 Å². The van der Waals surface area contributed by atoms with Gasteiger partial charge in [0, 0.05) is 0 Å². The number of ether oxygens (including phenoxy) is 1. The van der Waals surface area contributed by atoms with E-state index >= 15 is 0 Å². The van der Waals surface area contributed by atoms with Crippen LogP contribution in [0, 0.1) is 5.92 Å². The second kappa shape index (κ2) is 21.4. The highest BCUT2D eigenvalue weighted by molar-refractivity contribution is 5.79. The van der Waals surface area contributed by atoms with Gasteiger partial charge >= 0.3 is 11.9 Å². The van der Waals surface area contributed by atoms with Crippen molar-refractivity contribution in [1.29, 1.82) is 0 Å². The van der Waals surface area contributed by atoms with Gasteiger partial charge in [-0.1, -0.05) is 103 Å². The SMILES string of the molecule is CCCCCCCCCCCCCCC/C=C/CC(CC(=O)O)C(=O)OCCC. The van der Waals surface area contributed by atoms with E-state index in [-0.39, 0.29) is 12.4 Å². The molecule has 0 spiro atoms. The molecule has 0 saturated carbocycles. The molecule has 0 aromatic rings. The zero-order chi connectivity index (χ0) is 21.6. The van der Waals surface area contributed by atoms with Gasteiger partial charge in [0.15, 0.2) is 0 Å². The normalized spacial score (nSPS) is 12.3. The lowest BCUT2D eigenvalue weighted by atomic mass is 10.0. The molecule has 1 N–H and O–H groups in total. The van der Waals surface area contributed by atoms with Crippen LogP contribution in [0.2, 0.25) is 0 Å². The molecule has 0 rings (SSSR count). The van der Waals surface area contributed by atoms with Gasteiger partial charge < -0.3 is 9.84 Å². The second-order valence-electron chi connectivity index (χ2n) is 8.20. The molecule has 1 unspecified atom stereocenters. The number of aliphatic carboxylic acids is 1. The smallest absolute Gasteiger partial charge is 0.309 e. The third-order valence-electron chi connectivity index (χ3n) is 5.26. The van der Waals surface area contributed by atoms with E-state index in [9.17, 15) is 9.59 Å². The highest BCUT2D eigenvalue weighted by Gasteiger charge is 2.21. The van der Waals surface area contributed by atoms with Gasteiger partial charge in [0.1, 0.15) is 0 Å². The fourth-order valence-electron chi connectivity index (χ4n) is 3.45. The molecule has 4 heteroatoms. The summed E-state index contributed by atoms with van der Waals surface area (Å²) in [4.78, 5) is 22.8. The van der Waals surface area contributed by atoms with Crippen LogP contribution in [0.25, 0.3) is 0 Å². The minimum atomic E-state index is -0.951. The molecule has 0 saturated heterocycles. The molecule has 0 aliphatic rings. The van der Waals surface area contributed by atoms with Crippen molar-refractivity contribution in [2.24, 2.45) is 5.92 Å². The quantitative estimate of drug-likeness (QED) is 0.121. The number of rotatable bonds is 21. The lowest BCUT2D eigenvalue weighted by Crippen LogP contribution is -2.20. The van der Waals surface area contributed by atoms with Crippen LogP contribution in [-0.2, 0) is 14.3 Å². The van der Waals surface area contributed by atoms with Gasteiger partial charge in [-0.25, -0.2) is 0 Å². The Kier molecular flexibility index (Phi) is 20.4. The van der Waals surface area contributed by atoms with E-state index in [1.807, 2.05) is 13.0 Å². The molecular weight excluding hydrogens is 364 g/mol. The first-order valence-electron chi connectivity index (χ1n) is 12.1. The van der Waals surface area contributed by atoms with Crippen molar-refractivity contribution >= 4 is 11.9 Å². The molecule has 0 aliphatic carbocycles. The van der Waals surface area contributed by atoms with Crippen LogP contribution in [0.5, 0.6) is 0 Å². The van der Waals surface area contributed by atoms with E-state index in [4.69, 9.17) is 9.84 Å². The monoisotopic (exact) mass is 410 g/mol. The molecule has 0 aromatic carbocycles. The van der Waals surface area contributed by atoms with E-state index < -0.39 is 11.9 Å². The first-order chi connectivity index (χ1) is 14.1. The van der Waals surface area contributed by atoms with E-state index in [1.54, 1.807) is 0 Å². The zero-order valence-electron chi connectivity index (χ0n) is 19.1. The van der Waals surface area contributed by atoms with Gasteiger partial charge in [0.05, 0.1) is 18.9 Å². The summed E-state index contributed by atoms with van der Waals surface area (Å²) in [5, 5.41) is 8.96. The summed E-state index contributed by atoms with van der Waals surface area (Å²) in [6, 6.07) is 0. The number of hydrogen-bond donors (Lipinski definition) is 1. The van der Waals surface area contributed by atoms with Crippen molar-refractivity contribution in [2.45, 2.75) is 123 Å². The highest BCUT2D eigenvalue weighted by atomic mass is 16.5. The van der Waals surface area contributed by atoms with Gasteiger partial charge in [-0.2, -0.15) is 0 Å². The average Bonchev–Trinajstić information content (AvgIpc) is 2.70. The maximum atomic E-state index is 11.9. The largest absolute Gasteiger partial charge is 0.481 e. The Morgan fingerprint density at radius 2 is 1.28 bits per heavy atom. The number of carboxylic acid groups (broad SMARTS) is 1. The lowest BCUT2D eigenvalue weighted by Gasteiger charge is -2.11. The Bertz CT molecular complexity index is 417. The molecule has 0 radical (unpaired) electrons. The van der Waals surface area contributed by atoms with Crippen LogP contribution in [0.1, 0.15) is 123 Å². The molecule has 0 heterocycles. The molecule has 0 aromatic heterocycles. The number of hydrogen-bond acceptors (Lipinski definition) is 3. The van der Waals surface area contributed by atoms with Crippen LogP contribution in [0.3, 0.4) is 0 Å². The zero-order valence-corrected chi connectivity index (χ0v) is 19.1. The first kappa shape index (κ1) is 27.7. The first-order valence-corrected chi connectivity index (χ1v) is 12.1. The van der Waals surface area contributed by atoms with Crippen LogP contribution in [-0.4, -0.2) is 23.7 Å². The molecule has 4 nitrogen and oxygen atoms in total. The summed E-state index contributed by atoms with van der Waals surface area (Å²) in [5.41, 5.74) is 0. The maximum Gasteiger partial charge on any atom is 0.309 e. The lowest BCUT2D eigenvalue weighted by molar-refractivity contribution is -0.153. The van der Waals surface area contributed by atoms with Crippen molar-refractivity contribution in [3.63, 3.8) is 0 Å². The van der Waals surface area contributed by atoms with Gasteiger partial charge in [0.2, 0.25) is 0 Å². The number of unbranched alkanes of at least 4 members (excludes halogenated alkanes) is 13. The summed E-state index contributed by atoms with van der Waals surface area (Å²) < 4.78 is 5.10. The number of allylic oxidation sites excluding steroid dienone is 2. The molecule has 170 valence electrons. The molecule has 0 amide bonds. The molecule has 0 bridgehead atoms. The predicted molar refractivity (Wildman–Crippen MR) is 121 cm³/mol. The fraction of sp³-hybridized carbons (Fsp3) is 0.840. The van der Waals surface area contributed by atoms with Crippen LogP contribution < -0.4 is 0 Å². The van der Waals surface area contributed by atoms with Gasteiger partial charge in [-0.05, 0) is 25.7 Å². The molecule has 29 heavy (non-hydrogen) atoms. The minimum absolute atomic E-state index is 0.161. The van der Waals surface area contributed by atoms with Crippen LogP contribution >= 0.6 is 0 Å². The van der Waals surface area contributed by atoms with Crippen molar-refractivity contribution < 1.29 is 19.4 Å². The Hall–Kier alpha value is -1.32. The predicted octanol–water partition coefficient (Wildman–Crippen LogP) is 7.46. The minimum Gasteiger partial charge on any atom is -0.481 e. The third-order valence-corrected chi connectivity index (χ3v) is 5.26. The fourth-order valence-corrected chi connectivity index (χ4v) is 3.45. The number of carbonyl (C=O) groups is 2. The topological polar surface area (TPSA) is 63.6 Å². The maximum absolute atomic E-state index is 11.9. The number of esters is 1. The number of carbonyl (C=O) groups excluding carboxylic acids is 1. The average molecular weight is 411 g/mol. The van der Waals surface area contributed by atoms with Gasteiger partial charge in [0.25, 0.3) is 0 Å². The summed E-state index contributed by atoms with van der Waals surface area (Å²) >= 11 is 0. The van der Waals surface area contributed by atoms with E-state index in [0.717, 1.165) is 19.3 Å². The Morgan fingerprint density at radius 1 is 0.759 bits per heavy atom. The standard InChI is InChI=1S/C25H46O4/c1-3-5-6-7-8-9-10-11-12-13-14-15-16-17-18-19-20-23(22-24(26)27)25(28)29-21-4-2/h18-19,23H,3-17,20-22H2,1-2H3,(H,26,27)/b19-18+. The van der Waals surface area contributed by atoms with Gasteiger partial charge in [-0.15, -0.1) is 0 Å². The highest BCUT2D eigenvalue weighted by Crippen LogP contribution is 2.15. The van der Waals surface area contributed by atoms with Crippen LogP contribution in [0.4, 0.5) is 0 Å². The number of carboxylic acids is 1. The van der Waals surface area contributed by atoms with Crippen molar-refractivity contribution in [3.05, 3.63) is 12.2 Å². The van der Waals surface area contributed by atoms with E-state index in [2.05, 4.69) is 13.0 Å². The summed E-state index contributed by atoms with van der Waals surface area (Å²) in [6.07, 6.45) is 23.6. The van der Waals surface area contributed by atoms with E-state index in [0.29, 0.717) is 13.0 Å². The summed E-state index contributed by atoms with van der Waals surface area (Å²) in [6.45, 7) is 4.55. The molecular formula is C25H46O4. The summed E-state index contributed by atoms with van der Waals surface area (Å²) in [5.74, 6) is -1.91. The second-order valence-corrected chi connectivity index (χ2v) is 8.20. The van der Waals surface area contributed by atoms with Crippen molar-refractivity contribution in [3.8, 4) is 0 Å². The molecule has 0 fully saturated rings. The van der Waals surface area contributed by atoms with Crippen LogP contribution in [0.15, 0.2) is 12.2 Å². The molecule has 0 aliphatic heterocycles. The van der Waals surface area contributed by atoms with Crippen molar-refractivity contribution in [1.82, 2.24) is 0 Å². The van der Waals surface area contributed by atoms with E-state index in [1.165, 1.54) is 77.0 Å². The Balaban J connectivity index is 3.59. The third kappa shape index (κ3) is 19.8.